The molecule has 0 aliphatic carbocycles. The molecule has 1 aromatic heterocycles. The second-order valence-corrected chi connectivity index (χ2v) is 5.86. The molecule has 27 heavy (non-hydrogen) atoms. The first-order valence-electron chi connectivity index (χ1n) is 8.79. The molecule has 0 atom stereocenters. The number of carbonyl (C=O) groups excluding carboxylic acids is 1. The Morgan fingerprint density at radius 1 is 1.15 bits per heavy atom. The second-order valence-electron chi connectivity index (χ2n) is 5.86. The average molecular weight is 366 g/mol. The number of rotatable bonds is 8. The fourth-order valence-electron chi connectivity index (χ4n) is 2.58. The van der Waals surface area contributed by atoms with Gasteiger partial charge in [-0.3, -0.25) is 4.79 Å². The molecule has 1 N–H and O–H groups in total. The van der Waals surface area contributed by atoms with Crippen molar-refractivity contribution in [2.45, 2.75) is 19.8 Å². The van der Waals surface area contributed by atoms with E-state index in [4.69, 9.17) is 13.9 Å². The highest BCUT2D eigenvalue weighted by Gasteiger charge is 2.10. The Morgan fingerprint density at radius 3 is 2.70 bits per heavy atom. The maximum absolute atomic E-state index is 12.1. The summed E-state index contributed by atoms with van der Waals surface area (Å²) in [7, 11) is 1.62. The van der Waals surface area contributed by atoms with Crippen LogP contribution in [0.3, 0.4) is 0 Å². The number of amides is 1. The summed E-state index contributed by atoms with van der Waals surface area (Å²) >= 11 is 0. The van der Waals surface area contributed by atoms with E-state index in [1.54, 1.807) is 13.3 Å². The van der Waals surface area contributed by atoms with Crippen LogP contribution in [0.25, 0.3) is 11.3 Å². The fraction of sp³-hybridized carbons (Fsp3) is 0.238. The number of anilines is 1. The lowest BCUT2D eigenvalue weighted by atomic mass is 10.2. The number of hydrogen-bond acceptors (Lipinski definition) is 5. The summed E-state index contributed by atoms with van der Waals surface area (Å²) in [6.45, 7) is 2.54. The van der Waals surface area contributed by atoms with E-state index in [0.717, 1.165) is 22.7 Å². The fourth-order valence-corrected chi connectivity index (χ4v) is 2.58. The normalized spacial score (nSPS) is 10.4. The molecule has 0 saturated heterocycles. The highest BCUT2D eigenvalue weighted by molar-refractivity contribution is 5.90. The van der Waals surface area contributed by atoms with E-state index >= 15 is 0 Å². The standard InChI is InChI=1S/C21H22N2O4/c1-3-26-17-9-7-16(8-10-17)23-20(24)11-12-21-22-14-19(27-21)15-5-4-6-18(13-15)25-2/h4-10,13-14H,3,11-12H2,1-2H3,(H,23,24). The zero-order valence-corrected chi connectivity index (χ0v) is 15.4. The maximum atomic E-state index is 12.1. The molecule has 1 amide bonds. The van der Waals surface area contributed by atoms with Crippen LogP contribution in [0.1, 0.15) is 19.2 Å². The highest BCUT2D eigenvalue weighted by atomic mass is 16.5. The summed E-state index contributed by atoms with van der Waals surface area (Å²) in [5.74, 6) is 2.60. The highest BCUT2D eigenvalue weighted by Crippen LogP contribution is 2.24. The molecule has 6 nitrogen and oxygen atoms in total. The number of methoxy groups -OCH3 is 1. The lowest BCUT2D eigenvalue weighted by Gasteiger charge is -2.06. The molecule has 0 radical (unpaired) electrons. The Hall–Kier alpha value is -3.28. The summed E-state index contributed by atoms with van der Waals surface area (Å²) in [5, 5.41) is 2.85. The molecule has 140 valence electrons. The van der Waals surface area contributed by atoms with Gasteiger partial charge in [0.1, 0.15) is 11.5 Å². The van der Waals surface area contributed by atoms with Crippen molar-refractivity contribution in [2.24, 2.45) is 0 Å². The van der Waals surface area contributed by atoms with Gasteiger partial charge in [-0.05, 0) is 43.3 Å². The molecule has 6 heteroatoms. The smallest absolute Gasteiger partial charge is 0.224 e. The number of aromatic nitrogens is 1. The average Bonchev–Trinajstić information content (AvgIpc) is 3.17. The minimum Gasteiger partial charge on any atom is -0.497 e. The van der Waals surface area contributed by atoms with E-state index in [-0.39, 0.29) is 12.3 Å². The Kier molecular flexibility index (Phi) is 6.10. The van der Waals surface area contributed by atoms with Gasteiger partial charge in [-0.25, -0.2) is 4.98 Å². The third-order valence-electron chi connectivity index (χ3n) is 3.92. The lowest BCUT2D eigenvalue weighted by Crippen LogP contribution is -2.12. The molecule has 3 aromatic rings. The van der Waals surface area contributed by atoms with Gasteiger partial charge in [-0.15, -0.1) is 0 Å². The Labute approximate surface area is 158 Å². The third kappa shape index (κ3) is 5.10. The van der Waals surface area contributed by atoms with Gasteiger partial charge in [0.25, 0.3) is 0 Å². The van der Waals surface area contributed by atoms with Gasteiger partial charge < -0.3 is 19.2 Å². The molecule has 0 saturated carbocycles. The summed E-state index contributed by atoms with van der Waals surface area (Å²) in [6, 6.07) is 14.8. The molecule has 1 heterocycles. The van der Waals surface area contributed by atoms with Gasteiger partial charge in [0.15, 0.2) is 11.7 Å². The molecule has 2 aromatic carbocycles. The van der Waals surface area contributed by atoms with Gasteiger partial charge in [0.2, 0.25) is 5.91 Å². The molecule has 0 aliphatic heterocycles. The van der Waals surface area contributed by atoms with E-state index in [0.29, 0.717) is 24.7 Å². The second kappa shape index (κ2) is 8.89. The van der Waals surface area contributed by atoms with Gasteiger partial charge in [0, 0.05) is 24.1 Å². The van der Waals surface area contributed by atoms with E-state index in [9.17, 15) is 4.79 Å². The number of benzene rings is 2. The molecule has 0 spiro atoms. The summed E-state index contributed by atoms with van der Waals surface area (Å²) < 4.78 is 16.3. The zero-order chi connectivity index (χ0) is 19.1. The molecule has 0 unspecified atom stereocenters. The number of aryl methyl sites for hydroxylation is 1. The molecule has 0 aliphatic rings. The monoisotopic (exact) mass is 366 g/mol. The van der Waals surface area contributed by atoms with E-state index < -0.39 is 0 Å². The van der Waals surface area contributed by atoms with Crippen LogP contribution in [0.15, 0.2) is 59.1 Å². The first-order valence-corrected chi connectivity index (χ1v) is 8.79. The summed E-state index contributed by atoms with van der Waals surface area (Å²) in [6.07, 6.45) is 2.37. The third-order valence-corrected chi connectivity index (χ3v) is 3.92. The van der Waals surface area contributed by atoms with E-state index in [1.165, 1.54) is 0 Å². The number of nitrogens with one attached hydrogen (secondary N) is 1. The maximum Gasteiger partial charge on any atom is 0.224 e. The Balaban J connectivity index is 1.54. The zero-order valence-electron chi connectivity index (χ0n) is 15.4. The van der Waals surface area contributed by atoms with Crippen molar-refractivity contribution < 1.29 is 18.7 Å². The van der Waals surface area contributed by atoms with Crippen molar-refractivity contribution in [3.8, 4) is 22.8 Å². The number of nitrogens with zero attached hydrogens (tertiary/aromatic N) is 1. The summed E-state index contributed by atoms with van der Waals surface area (Å²) in [5.41, 5.74) is 1.61. The van der Waals surface area contributed by atoms with Crippen molar-refractivity contribution in [3.05, 3.63) is 60.6 Å². The van der Waals surface area contributed by atoms with Crippen molar-refractivity contribution in [1.82, 2.24) is 4.98 Å². The Morgan fingerprint density at radius 2 is 1.96 bits per heavy atom. The first-order chi connectivity index (χ1) is 13.2. The van der Waals surface area contributed by atoms with Crippen LogP contribution < -0.4 is 14.8 Å². The van der Waals surface area contributed by atoms with Crippen molar-refractivity contribution in [1.29, 1.82) is 0 Å². The van der Waals surface area contributed by atoms with Crippen molar-refractivity contribution in [2.75, 3.05) is 19.0 Å². The molecular weight excluding hydrogens is 344 g/mol. The number of ether oxygens (including phenoxy) is 2. The van der Waals surface area contributed by atoms with Crippen LogP contribution >= 0.6 is 0 Å². The van der Waals surface area contributed by atoms with Crippen LogP contribution in [0.2, 0.25) is 0 Å². The van der Waals surface area contributed by atoms with Crippen LogP contribution in [0, 0.1) is 0 Å². The number of carbonyl (C=O) groups is 1. The first kappa shape index (κ1) is 18.5. The predicted octanol–water partition coefficient (Wildman–Crippen LogP) is 4.32. The van der Waals surface area contributed by atoms with Gasteiger partial charge >= 0.3 is 0 Å². The summed E-state index contributed by atoms with van der Waals surface area (Å²) in [4.78, 5) is 16.4. The largest absolute Gasteiger partial charge is 0.497 e. The van der Waals surface area contributed by atoms with Crippen molar-refractivity contribution >= 4 is 11.6 Å². The number of hydrogen-bond donors (Lipinski definition) is 1. The SMILES string of the molecule is CCOc1ccc(NC(=O)CCc2ncc(-c3cccc(OC)c3)o2)cc1. The molecule has 0 bridgehead atoms. The van der Waals surface area contributed by atoms with E-state index in [1.807, 2.05) is 55.5 Å². The number of oxazole rings is 1. The minimum absolute atomic E-state index is 0.0970. The van der Waals surface area contributed by atoms with Crippen LogP contribution in [-0.4, -0.2) is 24.6 Å². The molecular formula is C21H22N2O4. The van der Waals surface area contributed by atoms with Gasteiger partial charge in [-0.1, -0.05) is 12.1 Å². The molecule has 0 fully saturated rings. The molecule has 3 rings (SSSR count). The topological polar surface area (TPSA) is 73.6 Å². The lowest BCUT2D eigenvalue weighted by molar-refractivity contribution is -0.116. The van der Waals surface area contributed by atoms with E-state index in [2.05, 4.69) is 10.3 Å². The van der Waals surface area contributed by atoms with Crippen LogP contribution in [0.5, 0.6) is 11.5 Å². The predicted molar refractivity (Wildman–Crippen MR) is 103 cm³/mol. The van der Waals surface area contributed by atoms with Crippen LogP contribution in [0.4, 0.5) is 5.69 Å². The van der Waals surface area contributed by atoms with Crippen molar-refractivity contribution in [3.63, 3.8) is 0 Å². The van der Waals surface area contributed by atoms with Gasteiger partial charge in [0.05, 0.1) is 19.9 Å². The minimum atomic E-state index is -0.0970. The Bertz CT molecular complexity index is 887. The quantitative estimate of drug-likeness (QED) is 0.643. The van der Waals surface area contributed by atoms with Gasteiger partial charge in [-0.2, -0.15) is 0 Å². The van der Waals surface area contributed by atoms with Crippen LogP contribution in [-0.2, 0) is 11.2 Å².